The van der Waals surface area contributed by atoms with E-state index in [2.05, 4.69) is 9.64 Å². The van der Waals surface area contributed by atoms with E-state index < -0.39 is 7.32 Å². The molecule has 0 fully saturated rings. The van der Waals surface area contributed by atoms with Crippen molar-refractivity contribution in [2.45, 2.75) is 13.0 Å². The average Bonchev–Trinajstić information content (AvgIpc) is 2.38. The van der Waals surface area contributed by atoms with Gasteiger partial charge in [0.05, 0.1) is 11.7 Å². The smallest absolute Gasteiger partial charge is 0.512 e. The SMILES string of the molecule is CC(c1ccccn1)n1ccc(OB(O)O)cc1=O. The summed E-state index contributed by atoms with van der Waals surface area (Å²) < 4.78 is 6.10. The maximum absolute atomic E-state index is 11.9. The third-order valence-electron chi connectivity index (χ3n) is 2.69. The van der Waals surface area contributed by atoms with E-state index in [9.17, 15) is 4.79 Å². The summed E-state index contributed by atoms with van der Waals surface area (Å²) in [5.41, 5.74) is 0.455. The van der Waals surface area contributed by atoms with Crippen LogP contribution in [0.4, 0.5) is 0 Å². The Hall–Kier alpha value is -2.12. The van der Waals surface area contributed by atoms with Crippen molar-refractivity contribution in [3.05, 3.63) is 58.8 Å². The first-order valence-electron chi connectivity index (χ1n) is 5.74. The van der Waals surface area contributed by atoms with Crippen molar-refractivity contribution >= 4 is 7.32 Å². The van der Waals surface area contributed by atoms with Gasteiger partial charge in [0.15, 0.2) is 0 Å². The molecule has 0 aromatic carbocycles. The Morgan fingerprint density at radius 3 is 2.74 bits per heavy atom. The van der Waals surface area contributed by atoms with Crippen molar-refractivity contribution in [1.29, 1.82) is 0 Å². The van der Waals surface area contributed by atoms with Gasteiger partial charge in [-0.15, -0.1) is 0 Å². The van der Waals surface area contributed by atoms with E-state index in [1.54, 1.807) is 12.3 Å². The normalized spacial score (nSPS) is 11.9. The molecule has 98 valence electrons. The molecule has 0 aliphatic carbocycles. The van der Waals surface area contributed by atoms with Crippen molar-refractivity contribution < 1.29 is 14.7 Å². The quantitative estimate of drug-likeness (QED) is 0.767. The molecule has 6 nitrogen and oxygen atoms in total. The van der Waals surface area contributed by atoms with Crippen LogP contribution < -0.4 is 10.2 Å². The fourth-order valence-corrected chi connectivity index (χ4v) is 1.75. The zero-order valence-electron chi connectivity index (χ0n) is 10.3. The Balaban J connectivity index is 2.29. The number of pyridine rings is 2. The van der Waals surface area contributed by atoms with Crippen LogP contribution in [-0.4, -0.2) is 26.9 Å². The Morgan fingerprint density at radius 2 is 2.16 bits per heavy atom. The molecule has 0 aliphatic rings. The molecule has 0 saturated carbocycles. The van der Waals surface area contributed by atoms with E-state index in [-0.39, 0.29) is 17.4 Å². The second-order valence-electron chi connectivity index (χ2n) is 3.98. The molecule has 1 atom stereocenters. The largest absolute Gasteiger partial charge is 0.707 e. The molecule has 0 aliphatic heterocycles. The third kappa shape index (κ3) is 3.21. The van der Waals surface area contributed by atoms with Gasteiger partial charge in [0, 0.05) is 18.5 Å². The van der Waals surface area contributed by atoms with E-state index in [1.807, 2.05) is 19.1 Å². The van der Waals surface area contributed by atoms with Gasteiger partial charge in [-0.25, -0.2) is 0 Å². The molecular weight excluding hydrogens is 247 g/mol. The Kier molecular flexibility index (Phi) is 3.98. The topological polar surface area (TPSA) is 84.6 Å². The minimum atomic E-state index is -1.94. The minimum Gasteiger partial charge on any atom is -0.512 e. The van der Waals surface area contributed by atoms with Crippen LogP contribution >= 0.6 is 0 Å². The van der Waals surface area contributed by atoms with Crippen molar-refractivity contribution in [1.82, 2.24) is 9.55 Å². The van der Waals surface area contributed by atoms with Crippen LogP contribution in [0.2, 0.25) is 0 Å². The van der Waals surface area contributed by atoms with Gasteiger partial charge in [-0.1, -0.05) is 6.07 Å². The van der Waals surface area contributed by atoms with E-state index in [1.165, 1.54) is 22.9 Å². The highest BCUT2D eigenvalue weighted by atomic mass is 16.6. The first-order chi connectivity index (χ1) is 9.08. The maximum atomic E-state index is 11.9. The lowest BCUT2D eigenvalue weighted by Crippen LogP contribution is -2.25. The van der Waals surface area contributed by atoms with Crippen molar-refractivity contribution in [3.8, 4) is 5.75 Å². The van der Waals surface area contributed by atoms with Crippen LogP contribution in [0.3, 0.4) is 0 Å². The molecule has 1 unspecified atom stereocenters. The van der Waals surface area contributed by atoms with Crippen molar-refractivity contribution in [2.75, 3.05) is 0 Å². The summed E-state index contributed by atoms with van der Waals surface area (Å²) in [4.78, 5) is 16.1. The number of aromatic nitrogens is 2. The summed E-state index contributed by atoms with van der Waals surface area (Å²) >= 11 is 0. The van der Waals surface area contributed by atoms with Crippen LogP contribution in [0.1, 0.15) is 18.7 Å². The number of rotatable bonds is 4. The molecule has 7 heteroatoms. The molecule has 0 radical (unpaired) electrons. The van der Waals surface area contributed by atoms with Gasteiger partial charge in [-0.2, -0.15) is 0 Å². The van der Waals surface area contributed by atoms with Gasteiger partial charge >= 0.3 is 7.32 Å². The third-order valence-corrected chi connectivity index (χ3v) is 2.69. The highest BCUT2D eigenvalue weighted by molar-refractivity contribution is 6.33. The molecule has 2 aromatic heterocycles. The van der Waals surface area contributed by atoms with Gasteiger partial charge in [-0.05, 0) is 25.1 Å². The summed E-state index contributed by atoms with van der Waals surface area (Å²) in [6.07, 6.45) is 3.19. The van der Waals surface area contributed by atoms with Crippen molar-refractivity contribution in [2.24, 2.45) is 0 Å². The van der Waals surface area contributed by atoms with Gasteiger partial charge in [0.25, 0.3) is 5.56 Å². The monoisotopic (exact) mass is 260 g/mol. The van der Waals surface area contributed by atoms with E-state index in [4.69, 9.17) is 10.0 Å². The molecule has 19 heavy (non-hydrogen) atoms. The molecule has 0 amide bonds. The Bertz CT molecular complexity index is 600. The summed E-state index contributed by atoms with van der Waals surface area (Å²) in [7, 11) is -1.94. The number of hydrogen-bond donors (Lipinski definition) is 2. The molecule has 0 bridgehead atoms. The number of hydrogen-bond acceptors (Lipinski definition) is 5. The fraction of sp³-hybridized carbons (Fsp3) is 0.167. The summed E-state index contributed by atoms with van der Waals surface area (Å²) in [5.74, 6) is 0.101. The van der Waals surface area contributed by atoms with E-state index in [0.29, 0.717) is 0 Å². The Labute approximate surface area is 110 Å². The molecule has 2 rings (SSSR count). The number of nitrogens with zero attached hydrogens (tertiary/aromatic N) is 2. The highest BCUT2D eigenvalue weighted by Gasteiger charge is 2.14. The zero-order valence-corrected chi connectivity index (χ0v) is 10.3. The van der Waals surface area contributed by atoms with Crippen LogP contribution in [0.15, 0.2) is 47.5 Å². The minimum absolute atomic E-state index is 0.101. The van der Waals surface area contributed by atoms with Gasteiger partial charge < -0.3 is 19.3 Å². The lowest BCUT2D eigenvalue weighted by molar-refractivity contribution is 0.287. The van der Waals surface area contributed by atoms with Gasteiger partial charge in [0.2, 0.25) is 0 Å². The molecule has 2 N–H and O–H groups in total. The van der Waals surface area contributed by atoms with Crippen LogP contribution in [0.25, 0.3) is 0 Å². The van der Waals surface area contributed by atoms with E-state index in [0.717, 1.165) is 5.69 Å². The van der Waals surface area contributed by atoms with E-state index >= 15 is 0 Å². The lowest BCUT2D eigenvalue weighted by atomic mass is 10.2. The van der Waals surface area contributed by atoms with Crippen LogP contribution in [0, 0.1) is 0 Å². The fourth-order valence-electron chi connectivity index (χ4n) is 1.75. The van der Waals surface area contributed by atoms with Crippen molar-refractivity contribution in [3.63, 3.8) is 0 Å². The second kappa shape index (κ2) is 5.68. The average molecular weight is 260 g/mol. The maximum Gasteiger partial charge on any atom is 0.707 e. The summed E-state index contributed by atoms with van der Waals surface area (Å²) in [5, 5.41) is 17.3. The second-order valence-corrected chi connectivity index (χ2v) is 3.98. The Morgan fingerprint density at radius 1 is 1.37 bits per heavy atom. The predicted molar refractivity (Wildman–Crippen MR) is 69.6 cm³/mol. The first kappa shape index (κ1) is 13.3. The lowest BCUT2D eigenvalue weighted by Gasteiger charge is -2.15. The summed E-state index contributed by atoms with van der Waals surface area (Å²) in [6.45, 7) is 1.85. The molecule has 2 aromatic rings. The summed E-state index contributed by atoms with van der Waals surface area (Å²) in [6, 6.07) is 7.95. The molecule has 2 heterocycles. The molecular formula is C12H13BN2O4. The highest BCUT2D eigenvalue weighted by Crippen LogP contribution is 2.14. The zero-order chi connectivity index (χ0) is 13.8. The predicted octanol–water partition coefficient (Wildman–Crippen LogP) is 0.201. The van der Waals surface area contributed by atoms with Gasteiger partial charge in [0.1, 0.15) is 5.75 Å². The van der Waals surface area contributed by atoms with Gasteiger partial charge in [-0.3, -0.25) is 9.78 Å². The first-order valence-corrected chi connectivity index (χ1v) is 5.74. The van der Waals surface area contributed by atoms with Crippen LogP contribution in [0.5, 0.6) is 5.75 Å². The standard InChI is InChI=1S/C12H13BN2O4/c1-9(11-4-2-3-6-14-11)15-7-5-10(8-12(15)16)19-13(17)18/h2-9,17-18H,1H3. The molecule has 0 saturated heterocycles. The van der Waals surface area contributed by atoms with Crippen LogP contribution in [-0.2, 0) is 0 Å². The molecule has 0 spiro atoms.